The summed E-state index contributed by atoms with van der Waals surface area (Å²) in [5.74, 6) is -0.840. The van der Waals surface area contributed by atoms with Gasteiger partial charge >= 0.3 is 6.29 Å². The molecule has 1 N–H and O–H groups in total. The third-order valence-electron chi connectivity index (χ3n) is 6.99. The number of aromatic nitrogens is 3. The second-order valence-electron chi connectivity index (χ2n) is 10.0. The number of hydrogen-bond acceptors (Lipinski definition) is 9. The minimum Gasteiger partial charge on any atom is -0.440 e. The molecule has 0 atom stereocenters. The van der Waals surface area contributed by atoms with E-state index in [0.717, 1.165) is 12.3 Å². The van der Waals surface area contributed by atoms with Crippen LogP contribution < -0.4 is 9.47 Å². The summed E-state index contributed by atoms with van der Waals surface area (Å²) < 4.78 is 84.1. The zero-order valence-corrected chi connectivity index (χ0v) is 24.0. The molecule has 0 aliphatic carbocycles. The van der Waals surface area contributed by atoms with E-state index in [-0.39, 0.29) is 50.6 Å². The van der Waals surface area contributed by atoms with Gasteiger partial charge in [0, 0.05) is 48.5 Å². The first-order chi connectivity index (χ1) is 20.8. The topological polar surface area (TPSA) is 140 Å². The predicted octanol–water partition coefficient (Wildman–Crippen LogP) is 5.61. The molecular formula is C30H21F3N4O6S. The number of alkyl halides is 2. The highest BCUT2D eigenvalue weighted by atomic mass is 32.2. The van der Waals surface area contributed by atoms with Gasteiger partial charge in [-0.25, -0.2) is 17.8 Å². The zero-order valence-electron chi connectivity index (χ0n) is 23.2. The van der Waals surface area contributed by atoms with Gasteiger partial charge in [0.05, 0.1) is 17.2 Å². The van der Waals surface area contributed by atoms with Gasteiger partial charge in [-0.15, -0.1) is 8.78 Å². The molecule has 5 aromatic rings. The van der Waals surface area contributed by atoms with Crippen LogP contribution in [0.15, 0.2) is 63.9 Å². The summed E-state index contributed by atoms with van der Waals surface area (Å²) in [6.07, 6.45) is -2.91. The van der Waals surface area contributed by atoms with E-state index < -0.39 is 28.6 Å². The molecule has 14 heteroatoms. The van der Waals surface area contributed by atoms with Crippen molar-refractivity contribution in [2.45, 2.75) is 24.7 Å². The summed E-state index contributed by atoms with van der Waals surface area (Å²) in [6, 6.07) is 15.0. The van der Waals surface area contributed by atoms with E-state index in [1.54, 1.807) is 38.2 Å². The number of rotatable bonds is 6. The number of halogens is 3. The van der Waals surface area contributed by atoms with Gasteiger partial charge in [0.1, 0.15) is 17.6 Å². The van der Waals surface area contributed by atoms with E-state index in [4.69, 9.17) is 4.42 Å². The van der Waals surface area contributed by atoms with Crippen LogP contribution in [0.4, 0.5) is 13.2 Å². The third-order valence-corrected chi connectivity index (χ3v) is 8.15. The molecule has 1 aliphatic heterocycles. The number of aliphatic hydroxyl groups excluding tert-OH is 1. The quantitative estimate of drug-likeness (QED) is 0.256. The minimum atomic E-state index is -3.92. The highest BCUT2D eigenvalue weighted by Gasteiger charge is 2.43. The lowest BCUT2D eigenvalue weighted by atomic mass is 9.93. The molecule has 0 saturated carbocycles. The van der Waals surface area contributed by atoms with E-state index >= 15 is 4.39 Å². The van der Waals surface area contributed by atoms with E-state index in [2.05, 4.69) is 19.6 Å². The van der Waals surface area contributed by atoms with E-state index in [9.17, 15) is 27.6 Å². The van der Waals surface area contributed by atoms with E-state index in [1.165, 1.54) is 28.9 Å². The summed E-state index contributed by atoms with van der Waals surface area (Å²) in [4.78, 5) is 4.13. The molecular weight excluding hydrogens is 601 g/mol. The summed E-state index contributed by atoms with van der Waals surface area (Å²) in [6.45, 7) is 0.777. The molecule has 0 bridgehead atoms. The molecule has 224 valence electrons. The Labute approximate surface area is 248 Å². The van der Waals surface area contributed by atoms with Gasteiger partial charge < -0.3 is 19.0 Å². The Morgan fingerprint density at radius 2 is 1.73 bits per heavy atom. The Hall–Kier alpha value is -5.13. The Bertz CT molecular complexity index is 2130. The molecule has 3 heterocycles. The second-order valence-corrected chi connectivity index (χ2v) is 12.0. The summed E-state index contributed by atoms with van der Waals surface area (Å²) in [5, 5.41) is 23.3. The highest BCUT2D eigenvalue weighted by Crippen LogP contribution is 2.46. The molecule has 44 heavy (non-hydrogen) atoms. The van der Waals surface area contributed by atoms with Crippen molar-refractivity contribution in [1.29, 1.82) is 5.26 Å². The minimum absolute atomic E-state index is 0.141. The normalized spacial score (nSPS) is 13.7. The molecule has 0 spiro atoms. The predicted molar refractivity (Wildman–Crippen MR) is 150 cm³/mol. The molecule has 0 amide bonds. The van der Waals surface area contributed by atoms with Crippen molar-refractivity contribution in [3.8, 4) is 62.5 Å². The first-order valence-electron chi connectivity index (χ1n) is 12.9. The lowest BCUT2D eigenvalue weighted by Gasteiger charge is -2.14. The number of benzene rings is 3. The molecule has 0 fully saturated rings. The van der Waals surface area contributed by atoms with Gasteiger partial charge in [-0.3, -0.25) is 4.68 Å². The number of fused-ring (bicyclic) bond motifs is 1. The SMILES string of the molecule is Cc1nc(-c2ccc3c(c2)OC(F)(F)O3)c(-c2cc(-c3cc(F)c(CO)c(S(C)(=O)=O)c3)ccc2-c2cc(C#N)nn2C)o1. The van der Waals surface area contributed by atoms with Crippen LogP contribution in [0.5, 0.6) is 11.5 Å². The Balaban J connectivity index is 1.59. The number of nitriles is 1. The maximum absolute atomic E-state index is 15.1. The molecule has 3 aromatic carbocycles. The van der Waals surface area contributed by atoms with E-state index in [1.807, 2.05) is 6.07 Å². The molecule has 6 rings (SSSR count). The van der Waals surface area contributed by atoms with Crippen molar-refractivity contribution in [1.82, 2.24) is 14.8 Å². The summed E-state index contributed by atoms with van der Waals surface area (Å²) in [7, 11) is -2.28. The van der Waals surface area contributed by atoms with Crippen LogP contribution in [0.2, 0.25) is 0 Å². The Morgan fingerprint density at radius 3 is 2.41 bits per heavy atom. The largest absolute Gasteiger partial charge is 0.586 e. The third kappa shape index (κ3) is 5.06. The van der Waals surface area contributed by atoms with Gasteiger partial charge in [0.2, 0.25) is 0 Å². The first-order valence-corrected chi connectivity index (χ1v) is 14.8. The van der Waals surface area contributed by atoms with Crippen LogP contribution in [-0.2, 0) is 23.5 Å². The highest BCUT2D eigenvalue weighted by molar-refractivity contribution is 7.90. The van der Waals surface area contributed by atoms with Crippen LogP contribution >= 0.6 is 0 Å². The van der Waals surface area contributed by atoms with Gasteiger partial charge in [-0.1, -0.05) is 12.1 Å². The number of hydrogen-bond donors (Lipinski definition) is 1. The monoisotopic (exact) mass is 622 g/mol. The molecule has 0 unspecified atom stereocenters. The van der Waals surface area contributed by atoms with Crippen molar-refractivity contribution in [2.75, 3.05) is 6.26 Å². The average molecular weight is 623 g/mol. The standard InChI is InChI=1S/C30H21F3N4O6S/c1-15-35-28(17-5-7-25-26(10-17)43-30(32,33)42-25)29(41-15)21-8-16(4-6-20(21)24-12-19(13-34)36-37(24)2)18-9-23(31)22(14-38)27(11-18)44(3,39)40/h4-12,38H,14H2,1-3H3. The molecule has 1 aliphatic rings. The number of sulfone groups is 1. The van der Waals surface area contributed by atoms with Gasteiger partial charge in [0.15, 0.2) is 38.7 Å². The van der Waals surface area contributed by atoms with Crippen LogP contribution in [-0.4, -0.2) is 40.8 Å². The fourth-order valence-electron chi connectivity index (χ4n) is 5.07. The van der Waals surface area contributed by atoms with Crippen molar-refractivity contribution >= 4 is 9.84 Å². The Kier molecular flexibility index (Phi) is 6.75. The number of aliphatic hydroxyl groups is 1. The van der Waals surface area contributed by atoms with Gasteiger partial charge in [0.25, 0.3) is 0 Å². The van der Waals surface area contributed by atoms with Crippen molar-refractivity contribution in [3.63, 3.8) is 0 Å². The number of nitrogens with zero attached hydrogens (tertiary/aromatic N) is 4. The van der Waals surface area contributed by atoms with Crippen LogP contribution in [0.1, 0.15) is 17.1 Å². The van der Waals surface area contributed by atoms with Gasteiger partial charge in [-0.05, 0) is 47.5 Å². The van der Waals surface area contributed by atoms with Crippen molar-refractivity contribution in [2.24, 2.45) is 7.05 Å². The first kappa shape index (κ1) is 29.0. The van der Waals surface area contributed by atoms with Crippen LogP contribution in [0, 0.1) is 24.1 Å². The summed E-state index contributed by atoms with van der Waals surface area (Å²) in [5.41, 5.74) is 2.39. The lowest BCUT2D eigenvalue weighted by Crippen LogP contribution is -2.25. The molecule has 10 nitrogen and oxygen atoms in total. The zero-order chi connectivity index (χ0) is 31.6. The van der Waals surface area contributed by atoms with E-state index in [0.29, 0.717) is 27.9 Å². The average Bonchev–Trinajstić information content (AvgIpc) is 3.63. The molecule has 0 radical (unpaired) electrons. The number of oxazole rings is 1. The number of ether oxygens (including phenoxy) is 2. The maximum Gasteiger partial charge on any atom is 0.586 e. The van der Waals surface area contributed by atoms with Crippen LogP contribution in [0.25, 0.3) is 45.0 Å². The van der Waals surface area contributed by atoms with Gasteiger partial charge in [-0.2, -0.15) is 10.4 Å². The second kappa shape index (κ2) is 10.2. The molecule has 0 saturated heterocycles. The van der Waals surface area contributed by atoms with Crippen LogP contribution in [0.3, 0.4) is 0 Å². The number of aryl methyl sites for hydroxylation is 2. The van der Waals surface area contributed by atoms with Crippen molar-refractivity contribution in [3.05, 3.63) is 77.6 Å². The lowest BCUT2D eigenvalue weighted by molar-refractivity contribution is -0.286. The Morgan fingerprint density at radius 1 is 1.00 bits per heavy atom. The van der Waals surface area contributed by atoms with Crippen molar-refractivity contribution < 1.29 is 40.6 Å². The fourth-order valence-corrected chi connectivity index (χ4v) is 6.02. The fraction of sp³-hybridized carbons (Fsp3) is 0.167. The smallest absolute Gasteiger partial charge is 0.440 e. The molecule has 2 aromatic heterocycles. The summed E-state index contributed by atoms with van der Waals surface area (Å²) >= 11 is 0. The maximum atomic E-state index is 15.1.